The molecule has 0 spiro atoms. The molecule has 0 saturated carbocycles. The van der Waals surface area contributed by atoms with Gasteiger partial charge in [-0.15, -0.1) is 0 Å². The Balaban J connectivity index is 2.08. The zero-order chi connectivity index (χ0) is 13.0. The zero-order valence-corrected chi connectivity index (χ0v) is 10.3. The molecule has 3 amide bonds. The first-order valence-electron chi connectivity index (χ1n) is 5.99. The van der Waals surface area contributed by atoms with E-state index in [9.17, 15) is 9.59 Å². The summed E-state index contributed by atoms with van der Waals surface area (Å²) in [5, 5.41) is 2.27. The topological polar surface area (TPSA) is 58.6 Å². The Morgan fingerprint density at radius 2 is 2.00 bits per heavy atom. The standard InChI is InChI=1S/C13H16N2O3/c1-2-8-18-12-11(16)14-13(17)15(12)9-10-6-4-3-5-7-10/h3-7,12H,2,8-9H2,1H3,(H,14,16,17). The third kappa shape index (κ3) is 2.68. The van der Waals surface area contributed by atoms with E-state index in [0.29, 0.717) is 13.2 Å². The van der Waals surface area contributed by atoms with Gasteiger partial charge in [-0.05, 0) is 12.0 Å². The summed E-state index contributed by atoms with van der Waals surface area (Å²) in [6.07, 6.45) is -0.00500. The highest BCUT2D eigenvalue weighted by Gasteiger charge is 2.38. The van der Waals surface area contributed by atoms with Crippen molar-refractivity contribution in [2.45, 2.75) is 26.1 Å². The van der Waals surface area contributed by atoms with Crippen LogP contribution in [0.25, 0.3) is 0 Å². The number of urea groups is 1. The fraction of sp³-hybridized carbons (Fsp3) is 0.385. The van der Waals surface area contributed by atoms with Crippen molar-refractivity contribution in [3.63, 3.8) is 0 Å². The van der Waals surface area contributed by atoms with E-state index in [4.69, 9.17) is 4.74 Å². The highest BCUT2D eigenvalue weighted by Crippen LogP contribution is 2.15. The number of rotatable bonds is 5. The lowest BCUT2D eigenvalue weighted by Gasteiger charge is -2.21. The Kier molecular flexibility index (Phi) is 3.94. The molecule has 5 heteroatoms. The van der Waals surface area contributed by atoms with Crippen LogP contribution in [0.5, 0.6) is 0 Å². The Labute approximate surface area is 106 Å². The van der Waals surface area contributed by atoms with E-state index in [2.05, 4.69) is 5.32 Å². The maximum Gasteiger partial charge on any atom is 0.326 e. The SMILES string of the molecule is CCCOC1C(=O)NC(=O)N1Cc1ccccc1. The first kappa shape index (κ1) is 12.6. The molecule has 1 aliphatic heterocycles. The Bertz CT molecular complexity index is 433. The number of hydrogen-bond donors (Lipinski definition) is 1. The molecule has 1 saturated heterocycles. The minimum atomic E-state index is -0.808. The van der Waals surface area contributed by atoms with E-state index in [-0.39, 0.29) is 5.91 Å². The molecule has 1 heterocycles. The van der Waals surface area contributed by atoms with Crippen molar-refractivity contribution in [3.05, 3.63) is 35.9 Å². The number of benzene rings is 1. The van der Waals surface area contributed by atoms with Crippen LogP contribution in [0.15, 0.2) is 30.3 Å². The Hall–Kier alpha value is -1.88. The van der Waals surface area contributed by atoms with Gasteiger partial charge in [0.2, 0.25) is 6.23 Å². The van der Waals surface area contributed by atoms with Gasteiger partial charge >= 0.3 is 6.03 Å². The molecule has 1 fully saturated rings. The van der Waals surface area contributed by atoms with Crippen molar-refractivity contribution < 1.29 is 14.3 Å². The summed E-state index contributed by atoms with van der Waals surface area (Å²) in [6, 6.07) is 9.12. The Morgan fingerprint density at radius 3 is 2.67 bits per heavy atom. The van der Waals surface area contributed by atoms with Crippen LogP contribution < -0.4 is 5.32 Å². The van der Waals surface area contributed by atoms with Crippen molar-refractivity contribution in [1.29, 1.82) is 0 Å². The molecule has 0 bridgehead atoms. The normalized spacial score (nSPS) is 19.2. The first-order valence-corrected chi connectivity index (χ1v) is 5.99. The first-order chi connectivity index (χ1) is 8.72. The highest BCUT2D eigenvalue weighted by atomic mass is 16.5. The minimum absolute atomic E-state index is 0.368. The molecule has 18 heavy (non-hydrogen) atoms. The summed E-state index contributed by atoms with van der Waals surface area (Å²) in [5.41, 5.74) is 0.965. The van der Waals surface area contributed by atoms with Crippen LogP contribution in [0.1, 0.15) is 18.9 Å². The van der Waals surface area contributed by atoms with Gasteiger partial charge in [-0.1, -0.05) is 37.3 Å². The molecule has 96 valence electrons. The second kappa shape index (κ2) is 5.64. The maximum atomic E-state index is 11.7. The van der Waals surface area contributed by atoms with E-state index in [1.54, 1.807) is 0 Å². The van der Waals surface area contributed by atoms with Gasteiger partial charge in [0.25, 0.3) is 5.91 Å². The number of ether oxygens (including phenoxy) is 1. The summed E-state index contributed by atoms with van der Waals surface area (Å²) in [7, 11) is 0. The smallest absolute Gasteiger partial charge is 0.326 e. The lowest BCUT2D eigenvalue weighted by molar-refractivity contribution is -0.136. The number of nitrogens with zero attached hydrogens (tertiary/aromatic N) is 1. The zero-order valence-electron chi connectivity index (χ0n) is 10.3. The van der Waals surface area contributed by atoms with E-state index in [1.807, 2.05) is 37.3 Å². The Morgan fingerprint density at radius 1 is 1.28 bits per heavy atom. The highest BCUT2D eigenvalue weighted by molar-refractivity contribution is 6.03. The molecule has 1 aromatic rings. The molecule has 0 aromatic heterocycles. The summed E-state index contributed by atoms with van der Waals surface area (Å²) in [4.78, 5) is 24.7. The van der Waals surface area contributed by atoms with Gasteiger partial charge in [-0.25, -0.2) is 4.79 Å². The predicted octanol–water partition coefficient (Wildman–Crippen LogP) is 1.49. The third-order valence-corrected chi connectivity index (χ3v) is 2.67. The van der Waals surface area contributed by atoms with Crippen LogP contribution >= 0.6 is 0 Å². The van der Waals surface area contributed by atoms with Crippen LogP contribution in [0, 0.1) is 0 Å². The van der Waals surface area contributed by atoms with Crippen LogP contribution in [0.2, 0.25) is 0 Å². The number of hydrogen-bond acceptors (Lipinski definition) is 3. The van der Waals surface area contributed by atoms with E-state index in [0.717, 1.165) is 12.0 Å². The van der Waals surface area contributed by atoms with Gasteiger partial charge < -0.3 is 4.74 Å². The number of carbonyl (C=O) groups is 2. The predicted molar refractivity (Wildman–Crippen MR) is 65.6 cm³/mol. The number of imide groups is 1. The van der Waals surface area contributed by atoms with Crippen LogP contribution in [0.3, 0.4) is 0 Å². The number of carbonyl (C=O) groups excluding carboxylic acids is 2. The second-order valence-electron chi connectivity index (χ2n) is 4.13. The summed E-state index contributed by atoms with van der Waals surface area (Å²) >= 11 is 0. The molecule has 1 unspecified atom stereocenters. The fourth-order valence-corrected chi connectivity index (χ4v) is 1.82. The van der Waals surface area contributed by atoms with Crippen LogP contribution in [-0.4, -0.2) is 29.7 Å². The van der Waals surface area contributed by atoms with Gasteiger partial charge in [0.1, 0.15) is 0 Å². The van der Waals surface area contributed by atoms with E-state index < -0.39 is 12.3 Å². The summed E-state index contributed by atoms with van der Waals surface area (Å²) < 4.78 is 5.41. The van der Waals surface area contributed by atoms with Crippen molar-refractivity contribution in [1.82, 2.24) is 10.2 Å². The van der Waals surface area contributed by atoms with Gasteiger partial charge in [0, 0.05) is 6.61 Å². The monoisotopic (exact) mass is 248 g/mol. The molecular formula is C13H16N2O3. The molecule has 0 radical (unpaired) electrons. The number of nitrogens with one attached hydrogen (secondary N) is 1. The van der Waals surface area contributed by atoms with E-state index in [1.165, 1.54) is 4.90 Å². The molecule has 5 nitrogen and oxygen atoms in total. The molecule has 1 atom stereocenters. The number of amides is 3. The van der Waals surface area contributed by atoms with Gasteiger partial charge in [-0.3, -0.25) is 15.0 Å². The maximum absolute atomic E-state index is 11.7. The molecule has 1 N–H and O–H groups in total. The molecule has 0 aliphatic carbocycles. The van der Waals surface area contributed by atoms with Crippen molar-refractivity contribution in [2.75, 3.05) is 6.61 Å². The summed E-state index contributed by atoms with van der Waals surface area (Å²) in [6.45, 7) is 2.78. The van der Waals surface area contributed by atoms with Crippen molar-refractivity contribution in [2.24, 2.45) is 0 Å². The largest absolute Gasteiger partial charge is 0.349 e. The van der Waals surface area contributed by atoms with E-state index >= 15 is 0 Å². The van der Waals surface area contributed by atoms with Crippen LogP contribution in [0.4, 0.5) is 4.79 Å². The van der Waals surface area contributed by atoms with Gasteiger partial charge in [-0.2, -0.15) is 0 Å². The molecule has 2 rings (SSSR count). The quantitative estimate of drug-likeness (QED) is 0.803. The third-order valence-electron chi connectivity index (χ3n) is 2.67. The minimum Gasteiger partial charge on any atom is -0.349 e. The van der Waals surface area contributed by atoms with Gasteiger partial charge in [0.15, 0.2) is 0 Å². The lowest BCUT2D eigenvalue weighted by atomic mass is 10.2. The second-order valence-corrected chi connectivity index (χ2v) is 4.13. The molecule has 1 aromatic carbocycles. The average Bonchev–Trinajstić information content (AvgIpc) is 2.63. The molecular weight excluding hydrogens is 232 g/mol. The molecule has 1 aliphatic rings. The lowest BCUT2D eigenvalue weighted by Crippen LogP contribution is -2.36. The average molecular weight is 248 g/mol. The van der Waals surface area contributed by atoms with Crippen LogP contribution in [-0.2, 0) is 16.1 Å². The fourth-order valence-electron chi connectivity index (χ4n) is 1.82. The summed E-state index contributed by atoms with van der Waals surface area (Å²) in [5.74, 6) is -0.385. The van der Waals surface area contributed by atoms with Gasteiger partial charge in [0.05, 0.1) is 6.54 Å². The van der Waals surface area contributed by atoms with Crippen molar-refractivity contribution >= 4 is 11.9 Å². The van der Waals surface area contributed by atoms with Crippen molar-refractivity contribution in [3.8, 4) is 0 Å².